The zero-order chi connectivity index (χ0) is 11.2. The molecule has 6 heteroatoms. The Morgan fingerprint density at radius 3 is 1.79 bits per heavy atom. The van der Waals surface area contributed by atoms with Crippen molar-refractivity contribution in [1.29, 1.82) is 5.26 Å². The topological polar surface area (TPSA) is 23.8 Å². The van der Waals surface area contributed by atoms with Crippen LogP contribution < -0.4 is 0 Å². The van der Waals surface area contributed by atoms with Gasteiger partial charge in [-0.1, -0.05) is 12.6 Å². The summed E-state index contributed by atoms with van der Waals surface area (Å²) in [6, 6.07) is 2.97. The molecule has 0 aliphatic carbocycles. The molecule has 0 aromatic heterocycles. The minimum absolute atomic E-state index is 0.669. The number of thiocyanates is 1. The van der Waals surface area contributed by atoms with Crippen LogP contribution in [0.25, 0.3) is 0 Å². The van der Waals surface area contributed by atoms with Crippen molar-refractivity contribution < 1.29 is 17.6 Å². The minimum Gasteiger partial charge on any atom is -0.207 e. The maximum absolute atomic E-state index is 12.1. The molecule has 1 nitrogen and oxygen atoms in total. The highest BCUT2D eigenvalue weighted by Gasteiger charge is 2.29. The number of alkyl halides is 3. The molecule has 0 aliphatic heterocycles. The predicted octanol–water partition coefficient (Wildman–Crippen LogP) is 3.24. The lowest BCUT2D eigenvalue weighted by Gasteiger charge is -2.04. The summed E-state index contributed by atoms with van der Waals surface area (Å²) in [5.74, 6) is -0.669. The van der Waals surface area contributed by atoms with Crippen molar-refractivity contribution in [3.8, 4) is 5.40 Å². The second-order valence-corrected chi connectivity index (χ2v) is 2.30. The largest absolute Gasteiger partial charge is 0.416 e. The van der Waals surface area contributed by atoms with Crippen LogP contribution in [0.3, 0.4) is 0 Å². The van der Waals surface area contributed by atoms with Gasteiger partial charge in [0.1, 0.15) is 11.2 Å². The van der Waals surface area contributed by atoms with E-state index in [1.165, 1.54) is 5.40 Å². The van der Waals surface area contributed by atoms with Gasteiger partial charge in [-0.15, -0.1) is 0 Å². The molecule has 0 saturated heterocycles. The van der Waals surface area contributed by atoms with E-state index in [4.69, 9.17) is 5.26 Å². The van der Waals surface area contributed by atoms with Crippen LogP contribution in [0, 0.1) is 16.5 Å². The Morgan fingerprint density at radius 2 is 1.50 bits per heavy atom. The van der Waals surface area contributed by atoms with Crippen LogP contribution in [0.1, 0.15) is 5.56 Å². The average molecular weight is 223 g/mol. The number of thiol groups is 1. The van der Waals surface area contributed by atoms with Gasteiger partial charge >= 0.3 is 6.18 Å². The number of nitrogens with zero attached hydrogens (tertiary/aromatic N) is 1. The maximum Gasteiger partial charge on any atom is 0.416 e. The van der Waals surface area contributed by atoms with E-state index < -0.39 is 17.6 Å². The first-order chi connectivity index (χ1) is 6.41. The number of rotatable bonds is 0. The maximum atomic E-state index is 12.1. The van der Waals surface area contributed by atoms with Gasteiger partial charge in [-0.3, -0.25) is 0 Å². The summed E-state index contributed by atoms with van der Waals surface area (Å²) < 4.78 is 47.5. The number of halogens is 4. The molecule has 76 valence electrons. The first-order valence-corrected chi connectivity index (χ1v) is 3.72. The molecule has 0 atom stereocenters. The molecular formula is C8H5F4NS. The monoisotopic (exact) mass is 223 g/mol. The molecule has 0 bridgehead atoms. The number of benzene rings is 1. The number of hydrogen-bond acceptors (Lipinski definition) is 2. The second-order valence-electron chi connectivity index (χ2n) is 2.10. The van der Waals surface area contributed by atoms with Gasteiger partial charge in [0.2, 0.25) is 0 Å². The lowest BCUT2D eigenvalue weighted by atomic mass is 10.2. The number of nitriles is 1. The summed E-state index contributed by atoms with van der Waals surface area (Å²) in [5, 5.41) is 8.63. The fourth-order valence-corrected chi connectivity index (χ4v) is 0.639. The van der Waals surface area contributed by atoms with Crippen molar-refractivity contribution in [2.45, 2.75) is 6.18 Å². The molecule has 0 radical (unpaired) electrons. The first kappa shape index (κ1) is 12.8. The van der Waals surface area contributed by atoms with Crippen molar-refractivity contribution in [2.75, 3.05) is 0 Å². The molecule has 14 heavy (non-hydrogen) atoms. The molecular weight excluding hydrogens is 218 g/mol. The van der Waals surface area contributed by atoms with Gasteiger partial charge in [0, 0.05) is 0 Å². The van der Waals surface area contributed by atoms with Crippen LogP contribution in [0.2, 0.25) is 0 Å². The fourth-order valence-electron chi connectivity index (χ4n) is 0.639. The smallest absolute Gasteiger partial charge is 0.207 e. The van der Waals surface area contributed by atoms with Gasteiger partial charge in [0.05, 0.1) is 5.56 Å². The standard InChI is InChI=1S/C7H4F4.CHNS/c8-6-3-1-5(2-4-6)7(9,10)11;2-1-3/h1-4H;3H. The van der Waals surface area contributed by atoms with E-state index in [1.807, 2.05) is 0 Å². The highest BCUT2D eigenvalue weighted by atomic mass is 32.1. The van der Waals surface area contributed by atoms with Gasteiger partial charge in [-0.25, -0.2) is 4.39 Å². The van der Waals surface area contributed by atoms with Gasteiger partial charge in [-0.05, 0) is 24.3 Å². The quantitative estimate of drug-likeness (QED) is 0.407. The first-order valence-electron chi connectivity index (χ1n) is 3.27. The van der Waals surface area contributed by atoms with Crippen LogP contribution in [-0.4, -0.2) is 0 Å². The Labute approximate surface area is 83.4 Å². The van der Waals surface area contributed by atoms with Crippen LogP contribution in [0.5, 0.6) is 0 Å². The highest BCUT2D eigenvalue weighted by molar-refractivity contribution is 7.85. The second kappa shape index (κ2) is 5.50. The third-order valence-electron chi connectivity index (χ3n) is 1.17. The Balaban J connectivity index is 0.000000500. The molecule has 1 rings (SSSR count). The summed E-state index contributed by atoms with van der Waals surface area (Å²) in [4.78, 5) is 0. The van der Waals surface area contributed by atoms with Crippen LogP contribution in [0.4, 0.5) is 17.6 Å². The van der Waals surface area contributed by atoms with E-state index in [-0.39, 0.29) is 0 Å². The molecule has 0 unspecified atom stereocenters. The van der Waals surface area contributed by atoms with E-state index >= 15 is 0 Å². The Kier molecular flexibility index (Phi) is 5.02. The summed E-state index contributed by atoms with van der Waals surface area (Å²) in [6.45, 7) is 0. The van der Waals surface area contributed by atoms with Crippen molar-refractivity contribution in [3.05, 3.63) is 35.6 Å². The molecule has 0 saturated carbocycles. The molecule has 0 amide bonds. The highest BCUT2D eigenvalue weighted by Crippen LogP contribution is 2.28. The van der Waals surface area contributed by atoms with Crippen molar-refractivity contribution in [2.24, 2.45) is 0 Å². The average Bonchev–Trinajstić information content (AvgIpc) is 2.04. The van der Waals surface area contributed by atoms with Crippen molar-refractivity contribution in [3.63, 3.8) is 0 Å². The Hall–Kier alpha value is -1.22. The normalized spacial score (nSPS) is 9.71. The zero-order valence-corrected chi connectivity index (χ0v) is 7.61. The third-order valence-corrected chi connectivity index (χ3v) is 1.17. The third kappa shape index (κ3) is 4.72. The summed E-state index contributed by atoms with van der Waals surface area (Å²) in [7, 11) is 0. The number of hydrogen-bond donors (Lipinski definition) is 1. The van der Waals surface area contributed by atoms with Crippen LogP contribution in [0.15, 0.2) is 24.3 Å². The van der Waals surface area contributed by atoms with Gasteiger partial charge in [0.15, 0.2) is 0 Å². The minimum atomic E-state index is -4.38. The lowest BCUT2D eigenvalue weighted by molar-refractivity contribution is -0.137. The van der Waals surface area contributed by atoms with E-state index in [0.717, 1.165) is 12.1 Å². The van der Waals surface area contributed by atoms with E-state index in [0.29, 0.717) is 12.1 Å². The Bertz CT molecular complexity index is 312. The van der Waals surface area contributed by atoms with Gasteiger partial charge in [-0.2, -0.15) is 18.4 Å². The van der Waals surface area contributed by atoms with Crippen LogP contribution >= 0.6 is 12.6 Å². The van der Waals surface area contributed by atoms with Crippen molar-refractivity contribution in [1.82, 2.24) is 0 Å². The zero-order valence-electron chi connectivity index (χ0n) is 6.72. The van der Waals surface area contributed by atoms with Crippen LogP contribution in [-0.2, 0) is 6.18 Å². The molecule has 0 heterocycles. The van der Waals surface area contributed by atoms with Crippen molar-refractivity contribution >= 4 is 12.6 Å². The molecule has 0 spiro atoms. The van der Waals surface area contributed by atoms with Gasteiger partial charge < -0.3 is 0 Å². The van der Waals surface area contributed by atoms with E-state index in [9.17, 15) is 17.6 Å². The summed E-state index contributed by atoms with van der Waals surface area (Å²) in [6.07, 6.45) is -4.38. The molecule has 1 aromatic rings. The SMILES string of the molecule is Fc1ccc(C(F)(F)F)cc1.N#CS. The van der Waals surface area contributed by atoms with Gasteiger partial charge in [0.25, 0.3) is 0 Å². The molecule has 0 N–H and O–H groups in total. The molecule has 0 aliphatic rings. The predicted molar refractivity (Wildman–Crippen MR) is 46.0 cm³/mol. The van der Waals surface area contributed by atoms with E-state index in [2.05, 4.69) is 12.6 Å². The van der Waals surface area contributed by atoms with E-state index in [1.54, 1.807) is 0 Å². The lowest BCUT2D eigenvalue weighted by Crippen LogP contribution is -2.03. The fraction of sp³-hybridized carbons (Fsp3) is 0.125. The molecule has 0 fully saturated rings. The summed E-state index contributed by atoms with van der Waals surface area (Å²) >= 11 is 3.09. The summed E-state index contributed by atoms with van der Waals surface area (Å²) in [5.41, 5.74) is -0.834. The molecule has 1 aromatic carbocycles. The Morgan fingerprint density at radius 1 is 1.14 bits per heavy atom.